The van der Waals surface area contributed by atoms with Crippen LogP contribution in [0, 0.1) is 5.92 Å². The SMILES string of the molecule is COC(=O)C(Cc1ccc(NC(=O)c2cc(N=C(N)N)cc(C(F)(F)F)c2)cc1)NC(=O)OCC(C)C. The number of hydrogen-bond donors (Lipinski definition) is 4. The van der Waals surface area contributed by atoms with Crippen molar-refractivity contribution in [1.29, 1.82) is 0 Å². The van der Waals surface area contributed by atoms with Crippen LogP contribution in [0.1, 0.15) is 35.3 Å². The number of benzene rings is 2. The van der Waals surface area contributed by atoms with Crippen molar-refractivity contribution >= 4 is 35.3 Å². The molecule has 0 spiro atoms. The van der Waals surface area contributed by atoms with Gasteiger partial charge in [-0.3, -0.25) is 4.79 Å². The Labute approximate surface area is 211 Å². The van der Waals surface area contributed by atoms with Crippen LogP contribution in [0.15, 0.2) is 47.5 Å². The van der Waals surface area contributed by atoms with E-state index in [0.717, 1.165) is 12.1 Å². The normalized spacial score (nSPS) is 11.9. The highest BCUT2D eigenvalue weighted by Crippen LogP contribution is 2.33. The van der Waals surface area contributed by atoms with Crippen molar-refractivity contribution in [2.24, 2.45) is 22.4 Å². The molecule has 0 radical (unpaired) electrons. The van der Waals surface area contributed by atoms with Gasteiger partial charge in [0.2, 0.25) is 0 Å². The number of hydrogen-bond acceptors (Lipinski definition) is 6. The van der Waals surface area contributed by atoms with Crippen molar-refractivity contribution in [3.63, 3.8) is 0 Å². The summed E-state index contributed by atoms with van der Waals surface area (Å²) in [6.45, 7) is 3.90. The predicted octanol–water partition coefficient (Wildman–Crippen LogP) is 3.33. The predicted molar refractivity (Wildman–Crippen MR) is 130 cm³/mol. The Morgan fingerprint density at radius 2 is 1.70 bits per heavy atom. The van der Waals surface area contributed by atoms with E-state index in [2.05, 4.69) is 15.6 Å². The summed E-state index contributed by atoms with van der Waals surface area (Å²) < 4.78 is 49.5. The van der Waals surface area contributed by atoms with Crippen molar-refractivity contribution in [1.82, 2.24) is 5.32 Å². The van der Waals surface area contributed by atoms with Gasteiger partial charge in [0.15, 0.2) is 5.96 Å². The van der Waals surface area contributed by atoms with E-state index in [9.17, 15) is 27.6 Å². The fourth-order valence-corrected chi connectivity index (χ4v) is 3.04. The molecule has 1 atom stereocenters. The molecule has 1 unspecified atom stereocenters. The molecule has 0 saturated heterocycles. The zero-order valence-corrected chi connectivity index (χ0v) is 20.4. The molecule has 0 aliphatic rings. The average Bonchev–Trinajstić information content (AvgIpc) is 2.81. The molecule has 0 bridgehead atoms. The molecule has 0 aliphatic heterocycles. The summed E-state index contributed by atoms with van der Waals surface area (Å²) >= 11 is 0. The summed E-state index contributed by atoms with van der Waals surface area (Å²) in [5, 5.41) is 4.94. The Bertz CT molecular complexity index is 1150. The topological polar surface area (TPSA) is 158 Å². The zero-order valence-electron chi connectivity index (χ0n) is 20.4. The maximum atomic E-state index is 13.3. The van der Waals surface area contributed by atoms with Crippen LogP contribution >= 0.6 is 0 Å². The van der Waals surface area contributed by atoms with E-state index in [4.69, 9.17) is 20.9 Å². The van der Waals surface area contributed by atoms with E-state index in [1.807, 2.05) is 13.8 Å². The molecule has 0 heterocycles. The lowest BCUT2D eigenvalue weighted by Crippen LogP contribution is -2.43. The molecule has 2 aromatic rings. The number of amides is 2. The second-order valence-corrected chi connectivity index (χ2v) is 8.37. The lowest BCUT2D eigenvalue weighted by molar-refractivity contribution is -0.143. The number of ether oxygens (including phenoxy) is 2. The van der Waals surface area contributed by atoms with Gasteiger partial charge < -0.3 is 31.6 Å². The molecule has 10 nitrogen and oxygen atoms in total. The first-order valence-corrected chi connectivity index (χ1v) is 11.0. The molecular formula is C24H28F3N5O5. The van der Waals surface area contributed by atoms with Gasteiger partial charge in [-0.1, -0.05) is 26.0 Å². The Balaban J connectivity index is 2.15. The number of nitrogens with two attached hydrogens (primary N) is 2. The molecule has 0 saturated carbocycles. The molecular weight excluding hydrogens is 495 g/mol. The van der Waals surface area contributed by atoms with E-state index in [-0.39, 0.29) is 35.9 Å². The van der Waals surface area contributed by atoms with Crippen LogP contribution in [0.4, 0.5) is 29.3 Å². The minimum atomic E-state index is -4.73. The molecule has 0 aromatic heterocycles. The number of guanidine groups is 1. The van der Waals surface area contributed by atoms with Gasteiger partial charge in [-0.25, -0.2) is 14.6 Å². The van der Waals surface area contributed by atoms with Crippen LogP contribution in [-0.4, -0.2) is 43.7 Å². The number of carbonyl (C=O) groups excluding carboxylic acids is 3. The highest BCUT2D eigenvalue weighted by Gasteiger charge is 2.32. The Morgan fingerprint density at radius 1 is 1.05 bits per heavy atom. The van der Waals surface area contributed by atoms with Crippen molar-refractivity contribution in [3.05, 3.63) is 59.2 Å². The number of carbonyl (C=O) groups is 3. The van der Waals surface area contributed by atoms with Crippen molar-refractivity contribution in [3.8, 4) is 0 Å². The minimum absolute atomic E-state index is 0.0627. The third-order valence-corrected chi connectivity index (χ3v) is 4.74. The van der Waals surface area contributed by atoms with Crippen LogP contribution in [0.25, 0.3) is 0 Å². The molecule has 2 amide bonds. The molecule has 2 aromatic carbocycles. The fraction of sp³-hybridized carbons (Fsp3) is 0.333. The van der Waals surface area contributed by atoms with E-state index < -0.39 is 41.7 Å². The summed E-state index contributed by atoms with van der Waals surface area (Å²) in [5.74, 6) is -1.86. The first kappa shape index (κ1) is 28.9. The summed E-state index contributed by atoms with van der Waals surface area (Å²) in [5.41, 5.74) is 9.74. The number of methoxy groups -OCH3 is 1. The first-order valence-electron chi connectivity index (χ1n) is 11.0. The number of halogens is 3. The smallest absolute Gasteiger partial charge is 0.416 e. The summed E-state index contributed by atoms with van der Waals surface area (Å²) in [4.78, 5) is 40.3. The second kappa shape index (κ2) is 12.6. The number of anilines is 1. The van der Waals surface area contributed by atoms with Gasteiger partial charge >= 0.3 is 18.2 Å². The first-order chi connectivity index (χ1) is 17.3. The van der Waals surface area contributed by atoms with Crippen LogP contribution in [-0.2, 0) is 26.9 Å². The van der Waals surface area contributed by atoms with Crippen molar-refractivity contribution in [2.75, 3.05) is 19.0 Å². The van der Waals surface area contributed by atoms with Gasteiger partial charge in [-0.15, -0.1) is 0 Å². The van der Waals surface area contributed by atoms with Crippen LogP contribution in [0.2, 0.25) is 0 Å². The highest BCUT2D eigenvalue weighted by atomic mass is 19.4. The Morgan fingerprint density at radius 3 is 2.24 bits per heavy atom. The molecule has 200 valence electrons. The van der Waals surface area contributed by atoms with E-state index in [0.29, 0.717) is 11.6 Å². The number of aliphatic imine (C=N–C) groups is 1. The van der Waals surface area contributed by atoms with Gasteiger partial charge in [0.25, 0.3) is 5.91 Å². The number of alkyl carbamates (subject to hydrolysis) is 1. The van der Waals surface area contributed by atoms with Gasteiger partial charge in [-0.05, 0) is 41.8 Å². The van der Waals surface area contributed by atoms with E-state index >= 15 is 0 Å². The summed E-state index contributed by atoms with van der Waals surface area (Å²) in [6, 6.07) is 7.61. The zero-order chi connectivity index (χ0) is 27.8. The quantitative estimate of drug-likeness (QED) is 0.223. The number of alkyl halides is 3. The van der Waals surface area contributed by atoms with Crippen LogP contribution in [0.5, 0.6) is 0 Å². The lowest BCUT2D eigenvalue weighted by Gasteiger charge is -2.17. The third kappa shape index (κ3) is 9.35. The highest BCUT2D eigenvalue weighted by molar-refractivity contribution is 6.05. The fourth-order valence-electron chi connectivity index (χ4n) is 3.04. The maximum absolute atomic E-state index is 13.3. The number of rotatable bonds is 9. The van der Waals surface area contributed by atoms with E-state index in [1.165, 1.54) is 19.2 Å². The van der Waals surface area contributed by atoms with Crippen LogP contribution < -0.4 is 22.1 Å². The molecule has 0 fully saturated rings. The molecule has 13 heteroatoms. The minimum Gasteiger partial charge on any atom is -0.467 e. The average molecular weight is 524 g/mol. The van der Waals surface area contributed by atoms with Gasteiger partial charge in [0.05, 0.1) is 25.0 Å². The monoisotopic (exact) mass is 523 g/mol. The maximum Gasteiger partial charge on any atom is 0.416 e. The summed E-state index contributed by atoms with van der Waals surface area (Å²) in [7, 11) is 1.18. The largest absolute Gasteiger partial charge is 0.467 e. The van der Waals surface area contributed by atoms with Crippen LogP contribution in [0.3, 0.4) is 0 Å². The molecule has 2 rings (SSSR count). The third-order valence-electron chi connectivity index (χ3n) is 4.74. The molecule has 37 heavy (non-hydrogen) atoms. The number of esters is 1. The van der Waals surface area contributed by atoms with Crippen molar-refractivity contribution in [2.45, 2.75) is 32.5 Å². The Hall–Kier alpha value is -4.29. The van der Waals surface area contributed by atoms with Gasteiger partial charge in [-0.2, -0.15) is 13.2 Å². The number of nitrogens with zero attached hydrogens (tertiary/aromatic N) is 1. The molecule has 0 aliphatic carbocycles. The van der Waals surface area contributed by atoms with Gasteiger partial charge in [0.1, 0.15) is 6.04 Å². The van der Waals surface area contributed by atoms with Gasteiger partial charge in [0, 0.05) is 17.7 Å². The van der Waals surface area contributed by atoms with E-state index in [1.54, 1.807) is 12.1 Å². The molecule has 6 N–H and O–H groups in total. The standard InChI is InChI=1S/C24H28F3N5O5/c1-13(2)12-37-23(35)32-19(21(34)36-3)8-14-4-6-17(7-5-14)30-20(33)15-9-16(24(25,26)27)11-18(10-15)31-22(28)29/h4-7,9-11,13,19H,8,12H2,1-3H3,(H,30,33)(H,32,35)(H4,28,29,31). The Kier molecular flexibility index (Phi) is 9.86. The second-order valence-electron chi connectivity index (χ2n) is 8.37. The summed E-state index contributed by atoms with van der Waals surface area (Å²) in [6.07, 6.45) is -5.43. The van der Waals surface area contributed by atoms with Crippen molar-refractivity contribution < 1.29 is 37.0 Å². The number of nitrogens with one attached hydrogen (secondary N) is 2. The lowest BCUT2D eigenvalue weighted by atomic mass is 10.1.